The number of hydrogen-bond acceptors (Lipinski definition) is 4. The SMILES string of the molecule is Cc1ccc(S[C@H](CC(=O)c2ccc(C)cc2)C(=O)[O-])cc1. The van der Waals surface area contributed by atoms with Gasteiger partial charge in [0.15, 0.2) is 5.78 Å². The number of rotatable bonds is 6. The largest absolute Gasteiger partial charge is 0.549 e. The van der Waals surface area contributed by atoms with Gasteiger partial charge in [-0.25, -0.2) is 0 Å². The first kappa shape index (κ1) is 16.3. The molecule has 0 saturated carbocycles. The van der Waals surface area contributed by atoms with Gasteiger partial charge < -0.3 is 9.90 Å². The van der Waals surface area contributed by atoms with E-state index in [2.05, 4.69) is 0 Å². The fourth-order valence-corrected chi connectivity index (χ4v) is 2.93. The summed E-state index contributed by atoms with van der Waals surface area (Å²) >= 11 is 1.15. The van der Waals surface area contributed by atoms with Gasteiger partial charge in [0.2, 0.25) is 0 Å². The van der Waals surface area contributed by atoms with Crippen LogP contribution in [0.3, 0.4) is 0 Å². The van der Waals surface area contributed by atoms with Crippen LogP contribution in [-0.2, 0) is 4.79 Å². The first-order valence-electron chi connectivity index (χ1n) is 7.00. The van der Waals surface area contributed by atoms with Crippen LogP contribution in [0.2, 0.25) is 0 Å². The molecule has 4 heteroatoms. The van der Waals surface area contributed by atoms with Gasteiger partial charge in [0, 0.05) is 16.9 Å². The summed E-state index contributed by atoms with van der Waals surface area (Å²) in [6.45, 7) is 3.90. The first-order valence-corrected chi connectivity index (χ1v) is 7.88. The monoisotopic (exact) mass is 313 g/mol. The van der Waals surface area contributed by atoms with Gasteiger partial charge in [-0.2, -0.15) is 0 Å². The van der Waals surface area contributed by atoms with Gasteiger partial charge in [0.05, 0.1) is 11.2 Å². The van der Waals surface area contributed by atoms with Crippen LogP contribution < -0.4 is 5.11 Å². The van der Waals surface area contributed by atoms with E-state index in [0.29, 0.717) is 5.56 Å². The van der Waals surface area contributed by atoms with Crippen molar-refractivity contribution in [2.45, 2.75) is 30.4 Å². The van der Waals surface area contributed by atoms with E-state index < -0.39 is 11.2 Å². The molecule has 0 aliphatic heterocycles. The molecule has 0 heterocycles. The molecule has 2 aromatic carbocycles. The van der Waals surface area contributed by atoms with E-state index in [1.165, 1.54) is 0 Å². The van der Waals surface area contributed by atoms with Crippen LogP contribution in [0.1, 0.15) is 27.9 Å². The van der Waals surface area contributed by atoms with Crippen LogP contribution in [0.4, 0.5) is 0 Å². The number of aliphatic carboxylic acids is 1. The van der Waals surface area contributed by atoms with Crippen LogP contribution >= 0.6 is 11.8 Å². The van der Waals surface area contributed by atoms with Gasteiger partial charge in [-0.3, -0.25) is 4.79 Å². The molecule has 0 unspecified atom stereocenters. The lowest BCUT2D eigenvalue weighted by Crippen LogP contribution is -2.35. The molecule has 0 bridgehead atoms. The topological polar surface area (TPSA) is 57.2 Å². The van der Waals surface area contributed by atoms with E-state index in [0.717, 1.165) is 27.8 Å². The predicted molar refractivity (Wildman–Crippen MR) is 86.0 cm³/mol. The molecule has 0 N–H and O–H groups in total. The van der Waals surface area contributed by atoms with Crippen molar-refractivity contribution >= 4 is 23.5 Å². The summed E-state index contributed by atoms with van der Waals surface area (Å²) in [5.74, 6) is -1.40. The Bertz CT molecular complexity index is 660. The lowest BCUT2D eigenvalue weighted by Gasteiger charge is -2.17. The van der Waals surface area contributed by atoms with Gasteiger partial charge >= 0.3 is 0 Å². The summed E-state index contributed by atoms with van der Waals surface area (Å²) in [6.07, 6.45) is -0.0794. The van der Waals surface area contributed by atoms with E-state index in [-0.39, 0.29) is 12.2 Å². The number of benzene rings is 2. The van der Waals surface area contributed by atoms with E-state index in [9.17, 15) is 14.7 Å². The normalized spacial score (nSPS) is 11.9. The fourth-order valence-electron chi connectivity index (χ4n) is 1.98. The summed E-state index contributed by atoms with van der Waals surface area (Å²) < 4.78 is 0. The second kappa shape index (κ2) is 7.27. The zero-order valence-electron chi connectivity index (χ0n) is 12.5. The Labute approximate surface area is 134 Å². The van der Waals surface area contributed by atoms with E-state index in [1.807, 2.05) is 50.2 Å². The molecule has 0 fully saturated rings. The summed E-state index contributed by atoms with van der Waals surface area (Å²) in [5, 5.41) is 10.4. The van der Waals surface area contributed by atoms with Gasteiger partial charge in [-0.1, -0.05) is 47.5 Å². The lowest BCUT2D eigenvalue weighted by atomic mass is 10.1. The zero-order valence-corrected chi connectivity index (χ0v) is 13.4. The second-order valence-electron chi connectivity index (χ2n) is 5.23. The summed E-state index contributed by atoms with van der Waals surface area (Å²) in [5.41, 5.74) is 2.69. The highest BCUT2D eigenvalue weighted by atomic mass is 32.2. The minimum Gasteiger partial charge on any atom is -0.549 e. The molecule has 0 saturated heterocycles. The lowest BCUT2D eigenvalue weighted by molar-refractivity contribution is -0.304. The number of thioether (sulfide) groups is 1. The van der Waals surface area contributed by atoms with Gasteiger partial charge in [-0.15, -0.1) is 11.8 Å². The Morgan fingerprint density at radius 1 is 0.955 bits per heavy atom. The minimum atomic E-state index is -1.22. The maximum atomic E-state index is 12.2. The van der Waals surface area contributed by atoms with Crippen molar-refractivity contribution in [2.24, 2.45) is 0 Å². The highest BCUT2D eigenvalue weighted by Gasteiger charge is 2.17. The molecule has 0 radical (unpaired) electrons. The third-order valence-electron chi connectivity index (χ3n) is 3.31. The third-order valence-corrected chi connectivity index (χ3v) is 4.49. The van der Waals surface area contributed by atoms with Crippen LogP contribution in [0.15, 0.2) is 53.4 Å². The van der Waals surface area contributed by atoms with Crippen molar-refractivity contribution in [3.8, 4) is 0 Å². The van der Waals surface area contributed by atoms with Crippen LogP contribution in [-0.4, -0.2) is 17.0 Å². The maximum absolute atomic E-state index is 12.2. The zero-order chi connectivity index (χ0) is 16.1. The molecule has 3 nitrogen and oxygen atoms in total. The molecular weight excluding hydrogens is 296 g/mol. The average Bonchev–Trinajstić information content (AvgIpc) is 2.49. The molecule has 0 aromatic heterocycles. The quantitative estimate of drug-likeness (QED) is 0.608. The molecule has 2 aromatic rings. The van der Waals surface area contributed by atoms with Crippen molar-refractivity contribution in [1.82, 2.24) is 0 Å². The molecular formula is C18H17O3S-. The molecule has 2 rings (SSSR count). The summed E-state index contributed by atoms with van der Waals surface area (Å²) in [6, 6.07) is 14.7. The molecule has 0 aliphatic carbocycles. The maximum Gasteiger partial charge on any atom is 0.164 e. The summed E-state index contributed by atoms with van der Waals surface area (Å²) in [4.78, 5) is 24.3. The second-order valence-corrected chi connectivity index (χ2v) is 6.51. The molecule has 1 atom stereocenters. The van der Waals surface area contributed by atoms with Crippen molar-refractivity contribution in [2.75, 3.05) is 0 Å². The molecule has 0 aliphatic rings. The Hall–Kier alpha value is -2.07. The Balaban J connectivity index is 2.08. The van der Waals surface area contributed by atoms with Gasteiger partial charge in [0.25, 0.3) is 0 Å². The number of aryl methyl sites for hydroxylation is 2. The van der Waals surface area contributed by atoms with Crippen molar-refractivity contribution in [1.29, 1.82) is 0 Å². The number of carbonyl (C=O) groups excluding carboxylic acids is 2. The third kappa shape index (κ3) is 4.46. The molecule has 0 amide bonds. The number of hydrogen-bond donors (Lipinski definition) is 0. The number of carboxylic acids is 1. The van der Waals surface area contributed by atoms with Crippen molar-refractivity contribution in [3.05, 3.63) is 65.2 Å². The number of carbonyl (C=O) groups is 2. The Morgan fingerprint density at radius 3 is 1.95 bits per heavy atom. The summed E-state index contributed by atoms with van der Waals surface area (Å²) in [7, 11) is 0. The van der Waals surface area contributed by atoms with Gasteiger partial charge in [0.1, 0.15) is 0 Å². The van der Waals surface area contributed by atoms with Crippen LogP contribution in [0.5, 0.6) is 0 Å². The fraction of sp³-hybridized carbons (Fsp3) is 0.222. The van der Waals surface area contributed by atoms with Gasteiger partial charge in [-0.05, 0) is 26.0 Å². The number of ketones is 1. The highest BCUT2D eigenvalue weighted by molar-refractivity contribution is 8.00. The van der Waals surface area contributed by atoms with E-state index >= 15 is 0 Å². The molecule has 0 spiro atoms. The minimum absolute atomic E-state index is 0.0794. The molecule has 22 heavy (non-hydrogen) atoms. The van der Waals surface area contributed by atoms with E-state index in [4.69, 9.17) is 0 Å². The van der Waals surface area contributed by atoms with Crippen molar-refractivity contribution < 1.29 is 14.7 Å². The highest BCUT2D eigenvalue weighted by Crippen LogP contribution is 2.26. The average molecular weight is 313 g/mol. The van der Waals surface area contributed by atoms with E-state index in [1.54, 1.807) is 12.1 Å². The van der Waals surface area contributed by atoms with Crippen LogP contribution in [0, 0.1) is 13.8 Å². The first-order chi connectivity index (χ1) is 10.5. The predicted octanol–water partition coefficient (Wildman–Crippen LogP) is 2.79. The Kier molecular flexibility index (Phi) is 5.39. The molecule has 114 valence electrons. The standard InChI is InChI=1S/C18H18O3S/c1-12-3-7-14(8-4-12)16(19)11-17(18(20)21)22-15-9-5-13(2)6-10-15/h3-10,17H,11H2,1-2H3,(H,20,21)/p-1/t17-/m1/s1. The van der Waals surface area contributed by atoms with Crippen molar-refractivity contribution in [3.63, 3.8) is 0 Å². The number of carboxylic acid groups (broad SMARTS) is 1. The smallest absolute Gasteiger partial charge is 0.164 e. The number of Topliss-reactive ketones (excluding diaryl/α,β-unsaturated/α-hetero) is 1. The van der Waals surface area contributed by atoms with Crippen LogP contribution in [0.25, 0.3) is 0 Å². The Morgan fingerprint density at radius 2 is 1.45 bits per heavy atom.